The Labute approximate surface area is 185 Å². The molecule has 0 atom stereocenters. The molecular formula is C21H18N2O8S. The van der Waals surface area contributed by atoms with Gasteiger partial charge in [0.1, 0.15) is 23.1 Å². The highest BCUT2D eigenvalue weighted by atomic mass is 32.1. The number of ether oxygens (including phenoxy) is 4. The quantitative estimate of drug-likeness (QED) is 0.515. The maximum Gasteiger partial charge on any atom is 0.341 e. The lowest BCUT2D eigenvalue weighted by Crippen LogP contribution is -2.14. The van der Waals surface area contributed by atoms with Crippen LogP contribution in [0, 0.1) is 6.92 Å². The molecule has 0 fully saturated rings. The zero-order valence-electron chi connectivity index (χ0n) is 17.1. The number of thiophene rings is 1. The summed E-state index contributed by atoms with van der Waals surface area (Å²) in [7, 11) is 1.20. The van der Waals surface area contributed by atoms with E-state index in [2.05, 4.69) is 5.32 Å². The summed E-state index contributed by atoms with van der Waals surface area (Å²) in [5.41, 5.74) is 5.76. The Morgan fingerprint density at radius 2 is 1.94 bits per heavy atom. The number of primary amides is 1. The lowest BCUT2D eigenvalue weighted by Gasteiger charge is -2.06. The Kier molecular flexibility index (Phi) is 5.73. The molecule has 0 saturated carbocycles. The van der Waals surface area contributed by atoms with Crippen molar-refractivity contribution >= 4 is 34.1 Å². The van der Waals surface area contributed by atoms with Gasteiger partial charge in [0.25, 0.3) is 11.8 Å². The minimum absolute atomic E-state index is 0.00298. The number of anilines is 1. The Morgan fingerprint density at radius 3 is 2.69 bits per heavy atom. The van der Waals surface area contributed by atoms with Gasteiger partial charge in [-0.3, -0.25) is 9.59 Å². The lowest BCUT2D eigenvalue weighted by molar-refractivity contribution is 0.0601. The van der Waals surface area contributed by atoms with E-state index in [1.807, 2.05) is 0 Å². The summed E-state index contributed by atoms with van der Waals surface area (Å²) in [5, 5.41) is 2.72. The Morgan fingerprint density at radius 1 is 1.16 bits per heavy atom. The van der Waals surface area contributed by atoms with E-state index in [4.69, 9.17) is 29.1 Å². The first-order valence-electron chi connectivity index (χ1n) is 9.31. The molecule has 10 nitrogen and oxygen atoms in total. The molecule has 0 bridgehead atoms. The Balaban J connectivity index is 1.45. The number of hydrogen-bond donors (Lipinski definition) is 2. The molecule has 3 N–H and O–H groups in total. The van der Waals surface area contributed by atoms with E-state index in [0.717, 1.165) is 11.3 Å². The van der Waals surface area contributed by atoms with Crippen LogP contribution in [0.3, 0.4) is 0 Å². The average molecular weight is 458 g/mol. The standard InChI is InChI=1S/C21H18N2O8S/c1-10-16(21(26)27-2)20(32-17(10)18(22)24)23-19(25)14-6-4-12(31-14)8-28-11-3-5-13-15(7-11)30-9-29-13/h3-7H,8-9H2,1-2H3,(H2,22,24)(H,23,25). The van der Waals surface area contributed by atoms with E-state index in [1.54, 1.807) is 31.2 Å². The monoisotopic (exact) mass is 458 g/mol. The van der Waals surface area contributed by atoms with Gasteiger partial charge in [-0.1, -0.05) is 0 Å². The van der Waals surface area contributed by atoms with Crippen molar-refractivity contribution in [2.24, 2.45) is 5.73 Å². The third-order valence-corrected chi connectivity index (χ3v) is 5.82. The largest absolute Gasteiger partial charge is 0.486 e. The molecule has 3 heterocycles. The van der Waals surface area contributed by atoms with Crippen LogP contribution in [0.2, 0.25) is 0 Å². The predicted octanol–water partition coefficient (Wildman–Crippen LogP) is 3.10. The van der Waals surface area contributed by atoms with Crippen LogP contribution in [-0.2, 0) is 11.3 Å². The van der Waals surface area contributed by atoms with E-state index in [0.29, 0.717) is 28.6 Å². The number of hydrogen-bond acceptors (Lipinski definition) is 9. The second-order valence-corrected chi connectivity index (χ2v) is 7.66. The van der Waals surface area contributed by atoms with Crippen LogP contribution in [0.4, 0.5) is 5.00 Å². The number of amides is 2. The first-order chi connectivity index (χ1) is 15.4. The molecule has 0 unspecified atom stereocenters. The number of esters is 1. The van der Waals surface area contributed by atoms with Crippen molar-refractivity contribution in [1.82, 2.24) is 0 Å². The molecule has 1 aliphatic rings. The van der Waals surface area contributed by atoms with E-state index < -0.39 is 17.8 Å². The molecule has 166 valence electrons. The lowest BCUT2D eigenvalue weighted by atomic mass is 10.1. The van der Waals surface area contributed by atoms with E-state index in [9.17, 15) is 14.4 Å². The first kappa shape index (κ1) is 21.2. The van der Waals surface area contributed by atoms with Gasteiger partial charge in [0.15, 0.2) is 17.3 Å². The van der Waals surface area contributed by atoms with Gasteiger partial charge in [0.2, 0.25) is 6.79 Å². The minimum atomic E-state index is -0.709. The fourth-order valence-corrected chi connectivity index (χ4v) is 4.09. The van der Waals surface area contributed by atoms with Gasteiger partial charge in [-0.2, -0.15) is 0 Å². The zero-order chi connectivity index (χ0) is 22.8. The van der Waals surface area contributed by atoms with Crippen molar-refractivity contribution in [3.63, 3.8) is 0 Å². The molecule has 2 amide bonds. The van der Waals surface area contributed by atoms with Gasteiger partial charge in [-0.05, 0) is 36.8 Å². The highest BCUT2D eigenvalue weighted by Crippen LogP contribution is 2.36. The number of furan rings is 1. The molecule has 32 heavy (non-hydrogen) atoms. The van der Waals surface area contributed by atoms with E-state index >= 15 is 0 Å². The highest BCUT2D eigenvalue weighted by molar-refractivity contribution is 7.18. The molecular weight excluding hydrogens is 440 g/mol. The molecule has 1 aromatic carbocycles. The maximum atomic E-state index is 12.6. The summed E-state index contributed by atoms with van der Waals surface area (Å²) < 4.78 is 26.5. The number of fused-ring (bicyclic) bond motifs is 1. The summed E-state index contributed by atoms with van der Waals surface area (Å²) in [6, 6.07) is 8.23. The highest BCUT2D eigenvalue weighted by Gasteiger charge is 2.26. The summed E-state index contributed by atoms with van der Waals surface area (Å²) in [5.74, 6) is 0.166. The normalized spacial score (nSPS) is 11.8. The van der Waals surface area contributed by atoms with Crippen LogP contribution < -0.4 is 25.3 Å². The molecule has 3 aromatic rings. The molecule has 11 heteroatoms. The van der Waals surface area contributed by atoms with Crippen molar-refractivity contribution in [2.45, 2.75) is 13.5 Å². The third kappa shape index (κ3) is 4.10. The number of benzene rings is 1. The minimum Gasteiger partial charge on any atom is -0.486 e. The molecule has 0 radical (unpaired) electrons. The number of nitrogens with two attached hydrogens (primary N) is 1. The fraction of sp³-hybridized carbons (Fsp3) is 0.190. The molecule has 1 aliphatic heterocycles. The number of rotatable bonds is 7. The predicted molar refractivity (Wildman–Crippen MR) is 112 cm³/mol. The van der Waals surface area contributed by atoms with Gasteiger partial charge in [-0.25, -0.2) is 4.79 Å². The number of nitrogens with one attached hydrogen (secondary N) is 1. The third-order valence-electron chi connectivity index (χ3n) is 4.60. The van der Waals surface area contributed by atoms with Crippen LogP contribution in [0.15, 0.2) is 34.7 Å². The van der Waals surface area contributed by atoms with Gasteiger partial charge in [-0.15, -0.1) is 11.3 Å². The van der Waals surface area contributed by atoms with Gasteiger partial charge in [0.05, 0.1) is 17.6 Å². The van der Waals surface area contributed by atoms with Crippen molar-refractivity contribution in [3.8, 4) is 17.2 Å². The number of carbonyl (C=O) groups excluding carboxylic acids is 3. The van der Waals surface area contributed by atoms with Crippen LogP contribution in [0.5, 0.6) is 17.2 Å². The van der Waals surface area contributed by atoms with Crippen molar-refractivity contribution in [3.05, 3.63) is 57.9 Å². The molecule has 4 rings (SSSR count). The molecule has 2 aromatic heterocycles. The Bertz CT molecular complexity index is 1210. The van der Waals surface area contributed by atoms with Crippen LogP contribution in [-0.4, -0.2) is 31.7 Å². The first-order valence-corrected chi connectivity index (χ1v) is 10.1. The maximum absolute atomic E-state index is 12.6. The Hall–Kier alpha value is -3.99. The van der Waals surface area contributed by atoms with Gasteiger partial charge >= 0.3 is 5.97 Å². The smallest absolute Gasteiger partial charge is 0.341 e. The second-order valence-electron chi connectivity index (χ2n) is 6.64. The second kappa shape index (κ2) is 8.63. The number of methoxy groups -OCH3 is 1. The SMILES string of the molecule is COC(=O)c1c(NC(=O)c2ccc(COc3ccc4c(c3)OCO4)o2)sc(C(N)=O)c1C. The van der Waals surface area contributed by atoms with Crippen molar-refractivity contribution in [2.75, 3.05) is 19.2 Å². The number of carbonyl (C=O) groups is 3. The van der Waals surface area contributed by atoms with Gasteiger partial charge in [0, 0.05) is 6.07 Å². The van der Waals surface area contributed by atoms with E-state index in [-0.39, 0.29) is 34.6 Å². The topological polar surface area (TPSA) is 139 Å². The van der Waals surface area contributed by atoms with Gasteiger partial charge < -0.3 is 34.4 Å². The summed E-state index contributed by atoms with van der Waals surface area (Å²) in [4.78, 5) is 36.6. The molecule has 0 saturated heterocycles. The zero-order valence-corrected chi connectivity index (χ0v) is 17.9. The van der Waals surface area contributed by atoms with Crippen molar-refractivity contribution in [1.29, 1.82) is 0 Å². The van der Waals surface area contributed by atoms with E-state index in [1.165, 1.54) is 13.2 Å². The van der Waals surface area contributed by atoms with Crippen LogP contribution in [0.1, 0.15) is 41.9 Å². The summed E-state index contributed by atoms with van der Waals surface area (Å²) >= 11 is 0.889. The average Bonchev–Trinajstić information content (AvgIpc) is 3.50. The fourth-order valence-electron chi connectivity index (χ4n) is 3.05. The van der Waals surface area contributed by atoms with Crippen LogP contribution in [0.25, 0.3) is 0 Å². The van der Waals surface area contributed by atoms with Crippen molar-refractivity contribution < 1.29 is 37.7 Å². The van der Waals surface area contributed by atoms with Crippen LogP contribution >= 0.6 is 11.3 Å². The molecule has 0 spiro atoms. The summed E-state index contributed by atoms with van der Waals surface area (Å²) in [6.45, 7) is 1.79. The molecule has 0 aliphatic carbocycles. The summed E-state index contributed by atoms with van der Waals surface area (Å²) in [6.07, 6.45) is 0.